The molecule has 2 atom stereocenters. The van der Waals surface area contributed by atoms with Gasteiger partial charge in [-0.2, -0.15) is 0 Å². The SMILES string of the molecule is COC(=O)c1ccc(COC(=O)[C@H]2CS[C@]3(c4ccc(Br)cc4)CCC(=O)N23)o1. The van der Waals surface area contributed by atoms with Crippen molar-refractivity contribution < 1.29 is 28.3 Å². The van der Waals surface area contributed by atoms with E-state index in [-0.39, 0.29) is 18.3 Å². The molecule has 29 heavy (non-hydrogen) atoms. The van der Waals surface area contributed by atoms with Gasteiger partial charge in [0.05, 0.1) is 7.11 Å². The van der Waals surface area contributed by atoms with Crippen molar-refractivity contribution in [2.24, 2.45) is 0 Å². The average Bonchev–Trinajstić information content (AvgIpc) is 3.42. The second-order valence-corrected chi connectivity index (χ2v) is 8.96. The summed E-state index contributed by atoms with van der Waals surface area (Å²) >= 11 is 5.03. The molecule has 2 aromatic rings. The van der Waals surface area contributed by atoms with Crippen LogP contribution in [0.4, 0.5) is 0 Å². The van der Waals surface area contributed by atoms with Crippen LogP contribution in [-0.4, -0.2) is 41.7 Å². The van der Waals surface area contributed by atoms with E-state index < -0.39 is 22.9 Å². The van der Waals surface area contributed by atoms with Crippen LogP contribution in [0.1, 0.15) is 34.7 Å². The van der Waals surface area contributed by atoms with Crippen LogP contribution in [0.5, 0.6) is 0 Å². The quantitative estimate of drug-likeness (QED) is 0.606. The number of nitrogens with zero attached hydrogens (tertiary/aromatic N) is 1. The van der Waals surface area contributed by atoms with Gasteiger partial charge in [0.1, 0.15) is 23.3 Å². The predicted octanol–water partition coefficient (Wildman–Crippen LogP) is 3.46. The Morgan fingerprint density at radius 2 is 2.03 bits per heavy atom. The predicted molar refractivity (Wildman–Crippen MR) is 108 cm³/mol. The van der Waals surface area contributed by atoms with Crippen LogP contribution in [0.25, 0.3) is 0 Å². The van der Waals surface area contributed by atoms with E-state index in [4.69, 9.17) is 9.15 Å². The molecule has 2 saturated heterocycles. The zero-order valence-electron chi connectivity index (χ0n) is 15.6. The molecule has 4 rings (SSSR count). The number of carbonyl (C=O) groups excluding carboxylic acids is 3. The van der Waals surface area contributed by atoms with Crippen LogP contribution >= 0.6 is 27.7 Å². The Kier molecular flexibility index (Phi) is 5.44. The third kappa shape index (κ3) is 3.57. The fourth-order valence-electron chi connectivity index (χ4n) is 3.73. The monoisotopic (exact) mass is 479 g/mol. The number of rotatable bonds is 5. The van der Waals surface area contributed by atoms with E-state index in [1.807, 2.05) is 24.3 Å². The number of esters is 2. The minimum Gasteiger partial charge on any atom is -0.463 e. The van der Waals surface area contributed by atoms with E-state index in [2.05, 4.69) is 20.7 Å². The zero-order valence-corrected chi connectivity index (χ0v) is 18.0. The molecule has 0 saturated carbocycles. The summed E-state index contributed by atoms with van der Waals surface area (Å²) in [6.07, 6.45) is 1.05. The molecule has 9 heteroatoms. The largest absolute Gasteiger partial charge is 0.463 e. The summed E-state index contributed by atoms with van der Waals surface area (Å²) in [4.78, 5) is 38.0. The maximum Gasteiger partial charge on any atom is 0.373 e. The third-order valence-electron chi connectivity index (χ3n) is 5.10. The van der Waals surface area contributed by atoms with Gasteiger partial charge in [0.15, 0.2) is 0 Å². The fourth-order valence-corrected chi connectivity index (χ4v) is 5.63. The van der Waals surface area contributed by atoms with E-state index in [1.165, 1.54) is 13.2 Å². The van der Waals surface area contributed by atoms with E-state index in [9.17, 15) is 14.4 Å². The Balaban J connectivity index is 1.48. The maximum absolute atomic E-state index is 12.8. The Bertz CT molecular complexity index is 958. The Morgan fingerprint density at radius 1 is 1.28 bits per heavy atom. The van der Waals surface area contributed by atoms with Gasteiger partial charge in [-0.3, -0.25) is 4.79 Å². The highest BCUT2D eigenvalue weighted by Gasteiger charge is 2.57. The Morgan fingerprint density at radius 3 is 2.76 bits per heavy atom. The molecule has 0 unspecified atom stereocenters. The second-order valence-electron chi connectivity index (χ2n) is 6.75. The average molecular weight is 480 g/mol. The molecule has 0 spiro atoms. The first kappa shape index (κ1) is 20.0. The highest BCUT2D eigenvalue weighted by atomic mass is 79.9. The number of thioether (sulfide) groups is 1. The van der Waals surface area contributed by atoms with Crippen molar-refractivity contribution in [3.8, 4) is 0 Å². The number of fused-ring (bicyclic) bond motifs is 1. The summed E-state index contributed by atoms with van der Waals surface area (Å²) in [6.45, 7) is -0.121. The molecule has 1 aromatic heterocycles. The first-order valence-corrected chi connectivity index (χ1v) is 10.8. The molecule has 7 nitrogen and oxygen atoms in total. The van der Waals surface area contributed by atoms with Gasteiger partial charge in [-0.05, 0) is 36.2 Å². The number of furan rings is 1. The van der Waals surface area contributed by atoms with Gasteiger partial charge in [-0.25, -0.2) is 9.59 Å². The number of ether oxygens (including phenoxy) is 2. The summed E-state index contributed by atoms with van der Waals surface area (Å²) in [5, 5.41) is 0. The normalized spacial score (nSPS) is 23.2. The third-order valence-corrected chi connectivity index (χ3v) is 7.22. The Labute approximate surface area is 179 Å². The molecule has 152 valence electrons. The molecule has 2 fully saturated rings. The smallest absolute Gasteiger partial charge is 0.373 e. The second kappa shape index (κ2) is 7.87. The van der Waals surface area contributed by atoms with E-state index in [0.29, 0.717) is 24.4 Å². The molecule has 0 bridgehead atoms. The zero-order chi connectivity index (χ0) is 20.6. The lowest BCUT2D eigenvalue weighted by Crippen LogP contribution is -2.46. The Hall–Kier alpha value is -2.26. The topological polar surface area (TPSA) is 86.0 Å². The molecular weight excluding hydrogens is 462 g/mol. The van der Waals surface area contributed by atoms with Crippen molar-refractivity contribution in [1.82, 2.24) is 4.90 Å². The number of hydrogen-bond donors (Lipinski definition) is 0. The van der Waals surface area contributed by atoms with Crippen molar-refractivity contribution in [3.63, 3.8) is 0 Å². The van der Waals surface area contributed by atoms with E-state index >= 15 is 0 Å². The number of halogens is 1. The van der Waals surface area contributed by atoms with Crippen molar-refractivity contribution in [2.75, 3.05) is 12.9 Å². The lowest BCUT2D eigenvalue weighted by atomic mass is 10.0. The summed E-state index contributed by atoms with van der Waals surface area (Å²) < 4.78 is 16.3. The molecular formula is C20H18BrNO6S. The standard InChI is InChI=1S/C20H18BrNO6S/c1-26-19(25)16-7-6-14(28-16)10-27-18(24)15-11-29-20(9-8-17(23)22(15)20)12-2-4-13(21)5-3-12/h2-7,15H,8-11H2,1H3/t15-,20+/m1/s1. The van der Waals surface area contributed by atoms with Gasteiger partial charge in [-0.1, -0.05) is 28.1 Å². The number of methoxy groups -OCH3 is 1. The van der Waals surface area contributed by atoms with Gasteiger partial charge in [0.25, 0.3) is 0 Å². The van der Waals surface area contributed by atoms with Gasteiger partial charge in [-0.15, -0.1) is 11.8 Å². The van der Waals surface area contributed by atoms with Crippen LogP contribution < -0.4 is 0 Å². The van der Waals surface area contributed by atoms with Gasteiger partial charge >= 0.3 is 11.9 Å². The summed E-state index contributed by atoms with van der Waals surface area (Å²) in [5.74, 6) is -0.299. The fraction of sp³-hybridized carbons (Fsp3) is 0.350. The van der Waals surface area contributed by atoms with Crippen molar-refractivity contribution in [2.45, 2.75) is 30.4 Å². The highest BCUT2D eigenvalue weighted by molar-refractivity contribution is 9.10. The molecule has 0 N–H and O–H groups in total. The molecule has 1 aromatic carbocycles. The minimum atomic E-state index is -0.659. The molecule has 3 heterocycles. The molecule has 1 amide bonds. The van der Waals surface area contributed by atoms with E-state index in [1.54, 1.807) is 22.7 Å². The first-order valence-electron chi connectivity index (χ1n) is 9.00. The minimum absolute atomic E-state index is 0.0407. The summed E-state index contributed by atoms with van der Waals surface area (Å²) in [7, 11) is 1.26. The van der Waals surface area contributed by atoms with Crippen LogP contribution in [0.15, 0.2) is 45.3 Å². The lowest BCUT2D eigenvalue weighted by molar-refractivity contribution is -0.155. The molecule has 0 aliphatic carbocycles. The van der Waals surface area contributed by atoms with Gasteiger partial charge < -0.3 is 18.8 Å². The van der Waals surface area contributed by atoms with Crippen LogP contribution in [0, 0.1) is 0 Å². The van der Waals surface area contributed by atoms with Crippen molar-refractivity contribution >= 4 is 45.5 Å². The molecule has 2 aliphatic rings. The van der Waals surface area contributed by atoms with Crippen molar-refractivity contribution in [1.29, 1.82) is 0 Å². The number of hydrogen-bond acceptors (Lipinski definition) is 7. The van der Waals surface area contributed by atoms with Crippen LogP contribution in [-0.2, 0) is 30.5 Å². The highest BCUT2D eigenvalue weighted by Crippen LogP contribution is 2.54. The number of benzene rings is 1. The van der Waals surface area contributed by atoms with Crippen LogP contribution in [0.3, 0.4) is 0 Å². The molecule has 0 radical (unpaired) electrons. The summed E-state index contributed by atoms with van der Waals surface area (Å²) in [6, 6.07) is 10.2. The van der Waals surface area contributed by atoms with Crippen molar-refractivity contribution in [3.05, 3.63) is 58.0 Å². The van der Waals surface area contributed by atoms with Gasteiger partial charge in [0, 0.05) is 16.6 Å². The maximum atomic E-state index is 12.8. The lowest BCUT2D eigenvalue weighted by Gasteiger charge is -2.33. The van der Waals surface area contributed by atoms with Gasteiger partial charge in [0.2, 0.25) is 11.7 Å². The molecule has 2 aliphatic heterocycles. The van der Waals surface area contributed by atoms with Crippen LogP contribution in [0.2, 0.25) is 0 Å². The summed E-state index contributed by atoms with van der Waals surface area (Å²) in [5.41, 5.74) is 1.00. The number of carbonyl (C=O) groups is 3. The van der Waals surface area contributed by atoms with E-state index in [0.717, 1.165) is 10.0 Å². The first-order chi connectivity index (χ1) is 13.9. The number of amides is 1.